The lowest BCUT2D eigenvalue weighted by atomic mass is 10.0. The van der Waals surface area contributed by atoms with Gasteiger partial charge in [0.2, 0.25) is 11.8 Å². The number of amides is 1. The molecule has 1 amide bonds. The van der Waals surface area contributed by atoms with Gasteiger partial charge in [-0.15, -0.1) is 5.10 Å². The van der Waals surface area contributed by atoms with Crippen LogP contribution in [0, 0.1) is 6.92 Å². The number of ether oxygens (including phenoxy) is 1. The van der Waals surface area contributed by atoms with Gasteiger partial charge in [0.1, 0.15) is 5.82 Å². The number of hydrogen-bond acceptors (Lipinski definition) is 7. The van der Waals surface area contributed by atoms with Crippen LogP contribution in [0.3, 0.4) is 0 Å². The van der Waals surface area contributed by atoms with Crippen molar-refractivity contribution < 1.29 is 27.8 Å². The van der Waals surface area contributed by atoms with Gasteiger partial charge in [-0.3, -0.25) is 14.5 Å². The van der Waals surface area contributed by atoms with Crippen molar-refractivity contribution in [3.63, 3.8) is 0 Å². The van der Waals surface area contributed by atoms with E-state index in [0.29, 0.717) is 30.2 Å². The molecule has 0 aliphatic rings. The second-order valence-corrected chi connectivity index (χ2v) is 9.08. The lowest BCUT2D eigenvalue weighted by Crippen LogP contribution is -2.16. The van der Waals surface area contributed by atoms with Gasteiger partial charge in [0.05, 0.1) is 43.6 Å². The number of halogens is 3. The first-order chi connectivity index (χ1) is 18.5. The van der Waals surface area contributed by atoms with Gasteiger partial charge in [0.15, 0.2) is 0 Å². The molecule has 0 fully saturated rings. The molecule has 1 atom stereocenters. The van der Waals surface area contributed by atoms with Gasteiger partial charge >= 0.3 is 6.18 Å². The molecule has 0 spiro atoms. The molecule has 0 bridgehead atoms. The second-order valence-electron chi connectivity index (χ2n) is 9.08. The number of aliphatic hydroxyl groups is 1. The summed E-state index contributed by atoms with van der Waals surface area (Å²) in [6.07, 6.45) is 1.67. The molecule has 9 nitrogen and oxygen atoms in total. The fourth-order valence-electron chi connectivity index (χ4n) is 3.96. The summed E-state index contributed by atoms with van der Waals surface area (Å²) in [5.74, 6) is 0.560. The smallest absolute Gasteiger partial charge is 0.418 e. The lowest BCUT2D eigenvalue weighted by molar-refractivity contribution is -0.138. The van der Waals surface area contributed by atoms with Crippen LogP contribution >= 0.6 is 0 Å². The molecule has 2 N–H and O–H groups in total. The van der Waals surface area contributed by atoms with Gasteiger partial charge in [0, 0.05) is 41.8 Å². The third-order valence-electron chi connectivity index (χ3n) is 5.83. The van der Waals surface area contributed by atoms with E-state index in [0.717, 1.165) is 22.8 Å². The first kappa shape index (κ1) is 27.7. The van der Waals surface area contributed by atoms with E-state index in [1.807, 2.05) is 12.1 Å². The Bertz CT molecular complexity index is 1430. The van der Waals surface area contributed by atoms with E-state index in [9.17, 15) is 23.1 Å². The number of aliphatic hydroxyl groups excluding tert-OH is 1. The Balaban J connectivity index is 1.38. The Labute approximate surface area is 222 Å². The number of hydrogen-bond donors (Lipinski definition) is 2. The molecule has 1 aromatic carbocycles. The van der Waals surface area contributed by atoms with E-state index in [2.05, 4.69) is 25.4 Å². The Morgan fingerprint density at radius 1 is 1.10 bits per heavy atom. The molecule has 12 heteroatoms. The predicted molar refractivity (Wildman–Crippen MR) is 137 cm³/mol. The maximum Gasteiger partial charge on any atom is 0.418 e. The van der Waals surface area contributed by atoms with Crippen molar-refractivity contribution in [2.75, 3.05) is 12.4 Å². The Morgan fingerprint density at radius 3 is 2.41 bits per heavy atom. The van der Waals surface area contributed by atoms with Crippen LogP contribution in [-0.4, -0.2) is 49.0 Å². The summed E-state index contributed by atoms with van der Waals surface area (Å²) in [5, 5.41) is 16.4. The van der Waals surface area contributed by atoms with Crippen molar-refractivity contribution in [3.8, 4) is 17.0 Å². The van der Waals surface area contributed by atoms with Crippen molar-refractivity contribution in [1.29, 1.82) is 0 Å². The van der Waals surface area contributed by atoms with Crippen LogP contribution < -0.4 is 10.1 Å². The number of anilines is 1. The molecule has 0 saturated heterocycles. The van der Waals surface area contributed by atoms with Gasteiger partial charge in [-0.25, -0.2) is 9.97 Å². The molecule has 4 aromatic rings. The molecule has 0 aliphatic carbocycles. The minimum atomic E-state index is -4.55. The van der Waals surface area contributed by atoms with Crippen LogP contribution in [0.4, 0.5) is 18.9 Å². The van der Waals surface area contributed by atoms with Crippen LogP contribution in [-0.2, 0) is 30.4 Å². The van der Waals surface area contributed by atoms with Crippen LogP contribution in [0.5, 0.6) is 5.88 Å². The third kappa shape index (κ3) is 7.17. The monoisotopic (exact) mass is 540 g/mol. The number of rotatable bonds is 9. The van der Waals surface area contributed by atoms with E-state index in [4.69, 9.17) is 4.74 Å². The zero-order valence-corrected chi connectivity index (χ0v) is 21.5. The average molecular weight is 541 g/mol. The van der Waals surface area contributed by atoms with Gasteiger partial charge in [-0.2, -0.15) is 13.2 Å². The van der Waals surface area contributed by atoms with Crippen molar-refractivity contribution in [2.24, 2.45) is 0 Å². The molecule has 204 valence electrons. The van der Waals surface area contributed by atoms with E-state index in [1.165, 1.54) is 20.2 Å². The predicted octanol–water partition coefficient (Wildman–Crippen LogP) is 4.22. The molecule has 3 heterocycles. The molecule has 0 saturated carbocycles. The fourth-order valence-corrected chi connectivity index (χ4v) is 3.96. The molecule has 3 aromatic heterocycles. The molecule has 39 heavy (non-hydrogen) atoms. The largest absolute Gasteiger partial charge is 0.480 e. The molecule has 0 aliphatic heterocycles. The van der Waals surface area contributed by atoms with Gasteiger partial charge in [0.25, 0.3) is 0 Å². The summed E-state index contributed by atoms with van der Waals surface area (Å²) in [6, 6.07) is 8.04. The number of benzene rings is 1. The zero-order chi connectivity index (χ0) is 28.2. The highest BCUT2D eigenvalue weighted by Gasteiger charge is 2.33. The van der Waals surface area contributed by atoms with Crippen LogP contribution in [0.2, 0.25) is 0 Å². The number of methoxy groups -OCH3 is 1. The topological polar surface area (TPSA) is 115 Å². The molecular weight excluding hydrogens is 513 g/mol. The Morgan fingerprint density at radius 2 is 1.79 bits per heavy atom. The van der Waals surface area contributed by atoms with Crippen molar-refractivity contribution in [3.05, 3.63) is 83.3 Å². The molecular formula is C27H27F3N6O3. The number of aromatic nitrogens is 5. The quantitative estimate of drug-likeness (QED) is 0.327. The Hall–Kier alpha value is -4.32. The number of carbonyl (C=O) groups excluding carboxylic acids is 1. The van der Waals surface area contributed by atoms with E-state index >= 15 is 0 Å². The van der Waals surface area contributed by atoms with Crippen molar-refractivity contribution >= 4 is 11.6 Å². The highest BCUT2D eigenvalue weighted by atomic mass is 19.4. The van der Waals surface area contributed by atoms with E-state index in [-0.39, 0.29) is 17.8 Å². The number of aryl methyl sites for hydroxylation is 1. The van der Waals surface area contributed by atoms with Crippen LogP contribution in [0.25, 0.3) is 11.1 Å². The number of pyridine rings is 1. The molecule has 0 radical (unpaired) electrons. The second kappa shape index (κ2) is 11.6. The first-order valence-electron chi connectivity index (χ1n) is 12.0. The summed E-state index contributed by atoms with van der Waals surface area (Å²) in [5.41, 5.74) is 2.04. The minimum Gasteiger partial charge on any atom is -0.480 e. The minimum absolute atomic E-state index is 0.0142. The molecule has 4 rings (SSSR count). The number of nitrogens with one attached hydrogen (secondary N) is 1. The Kier molecular flexibility index (Phi) is 8.24. The number of nitrogens with zero attached hydrogens (tertiary/aromatic N) is 5. The third-order valence-corrected chi connectivity index (χ3v) is 5.83. The average Bonchev–Trinajstić information content (AvgIpc) is 3.25. The number of alkyl halides is 3. The summed E-state index contributed by atoms with van der Waals surface area (Å²) >= 11 is 0. The van der Waals surface area contributed by atoms with Gasteiger partial charge in [-0.1, -0.05) is 24.3 Å². The van der Waals surface area contributed by atoms with E-state index in [1.54, 1.807) is 42.3 Å². The van der Waals surface area contributed by atoms with Crippen LogP contribution in [0.1, 0.15) is 35.1 Å². The summed E-state index contributed by atoms with van der Waals surface area (Å²) in [6.45, 7) is 3.29. The summed E-state index contributed by atoms with van der Waals surface area (Å²) in [7, 11) is 1.53. The summed E-state index contributed by atoms with van der Waals surface area (Å²) < 4.78 is 46.2. The highest BCUT2D eigenvalue weighted by Crippen LogP contribution is 2.32. The zero-order valence-electron chi connectivity index (χ0n) is 21.5. The van der Waals surface area contributed by atoms with E-state index < -0.39 is 23.8 Å². The van der Waals surface area contributed by atoms with Gasteiger partial charge < -0.3 is 15.2 Å². The summed E-state index contributed by atoms with van der Waals surface area (Å²) in [4.78, 5) is 25.0. The number of carbonyl (C=O) groups is 1. The SMILES string of the molecule is COc1nn(C[C@H](C)O)cc1Cc1ncc(-c2ccc(CC(=O)Nc3cnc(C)c(C(F)(F)F)c3)cc2)cn1. The van der Waals surface area contributed by atoms with Crippen LogP contribution in [0.15, 0.2) is 55.1 Å². The fraction of sp³-hybridized carbons (Fsp3) is 0.296. The maximum atomic E-state index is 13.1. The first-order valence-corrected chi connectivity index (χ1v) is 12.0. The van der Waals surface area contributed by atoms with Crippen molar-refractivity contribution in [2.45, 2.75) is 45.5 Å². The lowest BCUT2D eigenvalue weighted by Gasteiger charge is -2.12. The normalized spacial score (nSPS) is 12.3. The van der Waals surface area contributed by atoms with Gasteiger partial charge in [-0.05, 0) is 31.0 Å². The maximum absolute atomic E-state index is 13.1. The standard InChI is InChI=1S/C27H27F3N6O3/c1-16(37)14-36-15-20(26(35-36)39-3)9-24-32-11-21(12-33-24)19-6-4-18(5-7-19)8-25(38)34-22-10-23(27(28,29)30)17(2)31-13-22/h4-7,10-13,15-16,37H,8-9,14H2,1-3H3,(H,34,38)/t16-/m0/s1. The molecule has 0 unspecified atom stereocenters. The highest BCUT2D eigenvalue weighted by molar-refractivity contribution is 5.92. The van der Waals surface area contributed by atoms with Crippen molar-refractivity contribution in [1.82, 2.24) is 24.7 Å².